The first-order valence-electron chi connectivity index (χ1n) is 11.1. The summed E-state index contributed by atoms with van der Waals surface area (Å²) in [6, 6.07) is 11.2. The van der Waals surface area contributed by atoms with E-state index in [1.165, 1.54) is 0 Å². The lowest BCUT2D eigenvalue weighted by molar-refractivity contribution is -0.143. The molecule has 9 nitrogen and oxygen atoms in total. The molecule has 1 aromatic carbocycles. The van der Waals surface area contributed by atoms with E-state index in [-0.39, 0.29) is 30.6 Å². The van der Waals surface area contributed by atoms with Gasteiger partial charge in [0.1, 0.15) is 5.82 Å². The first kappa shape index (κ1) is 21.0. The Morgan fingerprint density at radius 1 is 1.12 bits per heavy atom. The largest absolute Gasteiger partial charge is 0.466 e. The summed E-state index contributed by atoms with van der Waals surface area (Å²) < 4.78 is 12.4. The molecule has 0 aliphatic heterocycles. The number of hydrogen-bond donors (Lipinski definition) is 0. The predicted octanol–water partition coefficient (Wildman–Crippen LogP) is 3.29. The zero-order chi connectivity index (χ0) is 22.6. The first-order chi connectivity index (χ1) is 16.2. The number of benzene rings is 1. The topological polar surface area (TPSA) is 113 Å². The smallest absolute Gasteiger partial charge is 0.306 e. The number of para-hydroxylation sites is 1. The lowest BCUT2D eigenvalue weighted by Gasteiger charge is -2.12. The summed E-state index contributed by atoms with van der Waals surface area (Å²) in [6.07, 6.45) is 6.90. The van der Waals surface area contributed by atoms with E-state index in [1.54, 1.807) is 23.0 Å². The average Bonchev–Trinajstić information content (AvgIpc) is 3.57. The van der Waals surface area contributed by atoms with Gasteiger partial charge in [-0.25, -0.2) is 4.98 Å². The molecule has 1 aliphatic carbocycles. The van der Waals surface area contributed by atoms with Crippen molar-refractivity contribution >= 4 is 16.9 Å². The van der Waals surface area contributed by atoms with Crippen LogP contribution in [0.25, 0.3) is 22.3 Å². The Morgan fingerprint density at radius 2 is 2.00 bits per heavy atom. The Morgan fingerprint density at radius 3 is 2.82 bits per heavy atom. The molecule has 0 radical (unpaired) electrons. The zero-order valence-corrected chi connectivity index (χ0v) is 18.0. The predicted molar refractivity (Wildman–Crippen MR) is 119 cm³/mol. The molecule has 0 N–H and O–H groups in total. The molecule has 3 aromatic heterocycles. The van der Waals surface area contributed by atoms with Gasteiger partial charge >= 0.3 is 5.97 Å². The zero-order valence-electron chi connectivity index (χ0n) is 18.0. The second-order valence-corrected chi connectivity index (χ2v) is 8.03. The quantitative estimate of drug-likeness (QED) is 0.285. The molecule has 1 saturated carbocycles. The van der Waals surface area contributed by atoms with Crippen molar-refractivity contribution in [1.29, 1.82) is 0 Å². The third-order valence-corrected chi connectivity index (χ3v) is 5.53. The van der Waals surface area contributed by atoms with Gasteiger partial charge in [0.2, 0.25) is 11.7 Å². The Hall–Kier alpha value is -3.88. The van der Waals surface area contributed by atoms with Crippen molar-refractivity contribution in [2.24, 2.45) is 0 Å². The lowest BCUT2D eigenvalue weighted by Crippen LogP contribution is -2.25. The fourth-order valence-electron chi connectivity index (χ4n) is 3.74. The molecule has 1 fully saturated rings. The third kappa shape index (κ3) is 4.82. The molecule has 5 rings (SSSR count). The number of carbonyl (C=O) groups excluding carboxylic acids is 1. The van der Waals surface area contributed by atoms with Crippen molar-refractivity contribution in [1.82, 2.24) is 24.7 Å². The van der Waals surface area contributed by atoms with E-state index >= 15 is 0 Å². The molecule has 0 bridgehead atoms. The van der Waals surface area contributed by atoms with E-state index in [4.69, 9.17) is 9.26 Å². The summed E-state index contributed by atoms with van der Waals surface area (Å²) in [6.45, 7) is 0.254. The van der Waals surface area contributed by atoms with Crippen LogP contribution in [0.4, 0.5) is 0 Å². The minimum atomic E-state index is -0.318. The highest BCUT2D eigenvalue weighted by molar-refractivity contribution is 5.77. The molecule has 0 spiro atoms. The van der Waals surface area contributed by atoms with E-state index in [0.29, 0.717) is 47.7 Å². The van der Waals surface area contributed by atoms with E-state index in [2.05, 4.69) is 20.1 Å². The van der Waals surface area contributed by atoms with Crippen LogP contribution in [0.2, 0.25) is 0 Å². The van der Waals surface area contributed by atoms with E-state index in [1.807, 2.05) is 30.3 Å². The van der Waals surface area contributed by atoms with Crippen LogP contribution in [-0.4, -0.2) is 37.3 Å². The molecule has 9 heteroatoms. The first-order valence-corrected chi connectivity index (χ1v) is 11.1. The maximum absolute atomic E-state index is 12.9. The summed E-state index contributed by atoms with van der Waals surface area (Å²) in [4.78, 5) is 38.2. The van der Waals surface area contributed by atoms with Crippen molar-refractivity contribution in [3.8, 4) is 11.4 Å². The van der Waals surface area contributed by atoms with Crippen molar-refractivity contribution in [3.63, 3.8) is 0 Å². The Kier molecular flexibility index (Phi) is 5.93. The maximum Gasteiger partial charge on any atom is 0.306 e. The molecular weight excluding hydrogens is 422 g/mol. The van der Waals surface area contributed by atoms with Gasteiger partial charge in [-0.3, -0.25) is 19.1 Å². The summed E-state index contributed by atoms with van der Waals surface area (Å²) in [5.41, 5.74) is 1.41. The molecule has 0 amide bonds. The van der Waals surface area contributed by atoms with E-state index in [0.717, 1.165) is 18.4 Å². The van der Waals surface area contributed by atoms with E-state index in [9.17, 15) is 9.59 Å². The Balaban J connectivity index is 1.13. The van der Waals surface area contributed by atoms with Crippen molar-refractivity contribution < 1.29 is 14.1 Å². The van der Waals surface area contributed by atoms with E-state index < -0.39 is 0 Å². The second-order valence-electron chi connectivity index (χ2n) is 8.03. The van der Waals surface area contributed by atoms with Gasteiger partial charge in [-0.15, -0.1) is 0 Å². The number of nitrogens with zero attached hydrogens (tertiary/aromatic N) is 5. The van der Waals surface area contributed by atoms with Crippen LogP contribution in [-0.2, 0) is 22.4 Å². The van der Waals surface area contributed by atoms with Crippen molar-refractivity contribution in [2.75, 3.05) is 6.61 Å². The van der Waals surface area contributed by atoms with Crippen LogP contribution >= 0.6 is 0 Å². The van der Waals surface area contributed by atoms with Crippen LogP contribution in [0.1, 0.15) is 43.4 Å². The molecule has 1 aliphatic rings. The highest BCUT2D eigenvalue weighted by atomic mass is 16.5. The highest BCUT2D eigenvalue weighted by Crippen LogP contribution is 2.34. The van der Waals surface area contributed by atoms with Crippen LogP contribution in [0, 0.1) is 0 Å². The molecule has 3 heterocycles. The van der Waals surface area contributed by atoms with Crippen molar-refractivity contribution in [3.05, 3.63) is 70.9 Å². The van der Waals surface area contributed by atoms with Crippen LogP contribution in [0.3, 0.4) is 0 Å². The number of fused-ring (bicyclic) bond motifs is 1. The number of hydrogen-bond acceptors (Lipinski definition) is 8. The lowest BCUT2D eigenvalue weighted by atomic mass is 10.2. The average molecular weight is 445 g/mol. The number of rotatable bonds is 9. The molecule has 0 atom stereocenters. The van der Waals surface area contributed by atoms with Crippen molar-refractivity contribution in [2.45, 2.75) is 44.6 Å². The number of aryl methyl sites for hydroxylation is 2. The molecule has 4 aromatic rings. The van der Waals surface area contributed by atoms with Gasteiger partial charge in [0.25, 0.3) is 5.56 Å². The Bertz CT molecular complexity index is 1330. The minimum absolute atomic E-state index is 0.0309. The summed E-state index contributed by atoms with van der Waals surface area (Å²) in [5.74, 6) is 1.30. The number of carbonyl (C=O) groups is 1. The SMILES string of the molecule is O=C(CCc1nc2ccccc2c(=O)n1C1CC1)OCCCc1nc(-c2cccnc2)no1. The summed E-state index contributed by atoms with van der Waals surface area (Å²) in [5, 5.41) is 4.57. The monoisotopic (exact) mass is 445 g/mol. The number of pyridine rings is 1. The standard InChI is InChI=1S/C24H23N5O4/c30-22(32-14-4-8-21-27-23(28-33-21)16-5-3-13-25-15-16)12-11-20-26-19-7-2-1-6-18(19)24(31)29(20)17-9-10-17/h1-3,5-7,13,15,17H,4,8-12,14H2. The molecule has 0 saturated heterocycles. The van der Waals surface area contributed by atoms with Gasteiger partial charge < -0.3 is 9.26 Å². The van der Waals surface area contributed by atoms with Crippen LogP contribution < -0.4 is 5.56 Å². The number of esters is 1. The van der Waals surface area contributed by atoms with Gasteiger partial charge in [-0.2, -0.15) is 4.98 Å². The van der Waals surface area contributed by atoms with Crippen LogP contribution in [0.15, 0.2) is 58.1 Å². The van der Waals surface area contributed by atoms with Gasteiger partial charge in [0, 0.05) is 36.8 Å². The number of aromatic nitrogens is 5. The fourth-order valence-corrected chi connectivity index (χ4v) is 3.74. The molecule has 168 valence electrons. The van der Waals surface area contributed by atoms with Gasteiger partial charge in [-0.1, -0.05) is 17.3 Å². The molecule has 0 unspecified atom stereocenters. The minimum Gasteiger partial charge on any atom is -0.466 e. The summed E-state index contributed by atoms with van der Waals surface area (Å²) >= 11 is 0. The second kappa shape index (κ2) is 9.32. The summed E-state index contributed by atoms with van der Waals surface area (Å²) in [7, 11) is 0. The fraction of sp³-hybridized carbons (Fsp3) is 0.333. The molecular formula is C24H23N5O4. The van der Waals surface area contributed by atoms with Gasteiger partial charge in [0.15, 0.2) is 0 Å². The highest BCUT2D eigenvalue weighted by Gasteiger charge is 2.28. The molecule has 33 heavy (non-hydrogen) atoms. The maximum atomic E-state index is 12.9. The van der Waals surface area contributed by atoms with Crippen LogP contribution in [0.5, 0.6) is 0 Å². The Labute approximate surface area is 189 Å². The van der Waals surface area contributed by atoms with Gasteiger partial charge in [-0.05, 0) is 43.5 Å². The third-order valence-electron chi connectivity index (χ3n) is 5.53. The normalized spacial score (nSPS) is 13.3. The van der Waals surface area contributed by atoms with Gasteiger partial charge in [0.05, 0.1) is 23.9 Å². The number of ether oxygens (including phenoxy) is 1.